The zero-order valence-electron chi connectivity index (χ0n) is 17.0. The van der Waals surface area contributed by atoms with Crippen molar-refractivity contribution in [2.75, 3.05) is 20.3 Å². The van der Waals surface area contributed by atoms with E-state index in [4.69, 9.17) is 24.4 Å². The highest BCUT2D eigenvalue weighted by molar-refractivity contribution is 5.85. The summed E-state index contributed by atoms with van der Waals surface area (Å²) >= 11 is 0. The third-order valence-electron chi connectivity index (χ3n) is 4.09. The van der Waals surface area contributed by atoms with Crippen molar-refractivity contribution >= 4 is 24.1 Å². The van der Waals surface area contributed by atoms with E-state index >= 15 is 0 Å². The van der Waals surface area contributed by atoms with Crippen LogP contribution in [0.2, 0.25) is 0 Å². The molecule has 0 aliphatic heterocycles. The molecule has 0 fully saturated rings. The molecule has 2 aromatic carbocycles. The second-order valence-corrected chi connectivity index (χ2v) is 6.33. The molecule has 0 saturated carbocycles. The van der Waals surface area contributed by atoms with Crippen molar-refractivity contribution in [2.45, 2.75) is 13.0 Å². The number of rotatable bonds is 12. The number of methoxy groups -OCH3 is 1. The molecule has 0 amide bonds. The average molecular weight is 428 g/mol. The molecule has 0 aliphatic rings. The summed E-state index contributed by atoms with van der Waals surface area (Å²) in [5, 5.41) is 27.0. The third-order valence-corrected chi connectivity index (χ3v) is 4.09. The van der Waals surface area contributed by atoms with Crippen LogP contribution >= 0.6 is 0 Å². The molecule has 0 saturated heterocycles. The van der Waals surface area contributed by atoms with Crippen LogP contribution in [0.5, 0.6) is 17.2 Å². The molecule has 2 aromatic rings. The Morgan fingerprint density at radius 2 is 1.39 bits per heavy atom. The largest absolute Gasteiger partial charge is 0.493 e. The van der Waals surface area contributed by atoms with Gasteiger partial charge in [-0.1, -0.05) is 18.2 Å². The van der Waals surface area contributed by atoms with Gasteiger partial charge in [0.05, 0.1) is 26.9 Å². The Balaban J connectivity index is 1.94. The average Bonchev–Trinajstić information content (AvgIpc) is 2.76. The van der Waals surface area contributed by atoms with Crippen molar-refractivity contribution in [1.82, 2.24) is 0 Å². The fourth-order valence-corrected chi connectivity index (χ4v) is 2.61. The topological polar surface area (TPSA) is 123 Å². The number of hydrogen-bond acceptors (Lipinski definition) is 6. The van der Waals surface area contributed by atoms with Crippen LogP contribution in [0.1, 0.15) is 23.1 Å². The van der Waals surface area contributed by atoms with Crippen molar-refractivity contribution in [2.24, 2.45) is 0 Å². The summed E-state index contributed by atoms with van der Waals surface area (Å²) in [5.41, 5.74) is 1.89. The lowest BCUT2D eigenvalue weighted by molar-refractivity contribution is -0.132. The zero-order valence-corrected chi connectivity index (χ0v) is 17.0. The van der Waals surface area contributed by atoms with Gasteiger partial charge >= 0.3 is 11.9 Å². The van der Waals surface area contributed by atoms with Gasteiger partial charge in [0.15, 0.2) is 11.5 Å². The molecular formula is C23H24O8. The molecule has 0 aromatic heterocycles. The molecule has 164 valence electrons. The van der Waals surface area contributed by atoms with Gasteiger partial charge in [-0.05, 0) is 41.5 Å². The van der Waals surface area contributed by atoms with Crippen LogP contribution in [0.25, 0.3) is 12.2 Å². The number of carbonyl (C=O) groups is 2. The van der Waals surface area contributed by atoms with Gasteiger partial charge < -0.3 is 29.5 Å². The van der Waals surface area contributed by atoms with Gasteiger partial charge in [-0.2, -0.15) is 0 Å². The lowest BCUT2D eigenvalue weighted by Gasteiger charge is -2.13. The normalized spacial score (nSPS) is 11.0. The predicted octanol–water partition coefficient (Wildman–Crippen LogP) is 3.23. The Labute approximate surface area is 179 Å². The van der Waals surface area contributed by atoms with Crippen LogP contribution in [0, 0.1) is 0 Å². The number of aliphatic hydroxyl groups excluding tert-OH is 1. The maximum absolute atomic E-state index is 10.7. The number of hydrogen-bond donors (Lipinski definition) is 3. The summed E-state index contributed by atoms with van der Waals surface area (Å²) in [6.45, 7) is 0.415. The van der Waals surface area contributed by atoms with Gasteiger partial charge in [-0.25, -0.2) is 9.59 Å². The first-order valence-corrected chi connectivity index (χ1v) is 9.42. The van der Waals surface area contributed by atoms with E-state index < -0.39 is 11.9 Å². The van der Waals surface area contributed by atoms with Gasteiger partial charge in [0.1, 0.15) is 5.75 Å². The fraction of sp³-hybridized carbons (Fsp3) is 0.217. The summed E-state index contributed by atoms with van der Waals surface area (Å²) in [7, 11) is 1.51. The van der Waals surface area contributed by atoms with E-state index in [1.165, 1.54) is 19.3 Å². The van der Waals surface area contributed by atoms with Crippen LogP contribution in [-0.4, -0.2) is 47.6 Å². The lowest BCUT2D eigenvalue weighted by Crippen LogP contribution is -2.07. The summed E-state index contributed by atoms with van der Waals surface area (Å²) in [4.78, 5) is 21.3. The van der Waals surface area contributed by atoms with Crippen LogP contribution < -0.4 is 14.2 Å². The quantitative estimate of drug-likeness (QED) is 0.348. The Morgan fingerprint density at radius 1 is 0.839 bits per heavy atom. The molecule has 0 atom stereocenters. The summed E-state index contributed by atoms with van der Waals surface area (Å²) in [6.07, 6.45) is 5.49. The zero-order chi connectivity index (χ0) is 22.6. The van der Waals surface area contributed by atoms with Crippen LogP contribution in [0.15, 0.2) is 48.6 Å². The number of aliphatic hydroxyl groups is 1. The van der Waals surface area contributed by atoms with Crippen LogP contribution in [-0.2, 0) is 16.2 Å². The van der Waals surface area contributed by atoms with Crippen molar-refractivity contribution in [3.05, 3.63) is 65.2 Å². The van der Waals surface area contributed by atoms with Gasteiger partial charge in [0.25, 0.3) is 0 Å². The first-order valence-electron chi connectivity index (χ1n) is 9.42. The van der Waals surface area contributed by atoms with Crippen LogP contribution in [0.4, 0.5) is 0 Å². The van der Waals surface area contributed by atoms with E-state index in [9.17, 15) is 14.7 Å². The number of carboxylic acids is 2. The van der Waals surface area contributed by atoms with Crippen molar-refractivity contribution in [3.8, 4) is 17.2 Å². The molecular weight excluding hydrogens is 404 g/mol. The molecule has 2 rings (SSSR count). The number of benzene rings is 2. The molecule has 0 bridgehead atoms. The highest BCUT2D eigenvalue weighted by Gasteiger charge is 2.07. The fourth-order valence-electron chi connectivity index (χ4n) is 2.61. The Hall–Kier alpha value is -3.78. The van der Waals surface area contributed by atoms with E-state index in [1.807, 2.05) is 0 Å². The second-order valence-electron chi connectivity index (χ2n) is 6.33. The van der Waals surface area contributed by atoms with E-state index in [2.05, 4.69) is 0 Å². The Morgan fingerprint density at radius 3 is 1.94 bits per heavy atom. The predicted molar refractivity (Wildman–Crippen MR) is 114 cm³/mol. The number of carboxylic acid groups (broad SMARTS) is 2. The number of aliphatic carboxylic acids is 2. The standard InChI is InChI=1S/C23H24O8/c1-29-19-8-4-17(6-10-23(27)28)14-21(19)31-12-2-11-30-20-13-16(5-9-22(25)26)3-7-18(20)15-24/h3-10,13-14,24H,2,11-12,15H2,1H3,(H,25,26)(H,27,28)/b9-5+,10-6+. The van der Waals surface area contributed by atoms with Gasteiger partial charge in [0, 0.05) is 24.1 Å². The van der Waals surface area contributed by atoms with Crippen LogP contribution in [0.3, 0.4) is 0 Å². The van der Waals surface area contributed by atoms with E-state index in [-0.39, 0.29) is 6.61 Å². The first kappa shape index (κ1) is 23.5. The summed E-state index contributed by atoms with van der Waals surface area (Å²) in [6, 6.07) is 10.1. The monoisotopic (exact) mass is 428 g/mol. The minimum absolute atomic E-state index is 0.206. The van der Waals surface area contributed by atoms with Crippen molar-refractivity contribution in [3.63, 3.8) is 0 Å². The second kappa shape index (κ2) is 12.0. The lowest BCUT2D eigenvalue weighted by atomic mass is 10.1. The van der Waals surface area contributed by atoms with E-state index in [1.54, 1.807) is 36.4 Å². The highest BCUT2D eigenvalue weighted by atomic mass is 16.5. The van der Waals surface area contributed by atoms with E-state index in [0.29, 0.717) is 53.6 Å². The minimum atomic E-state index is -1.05. The molecule has 31 heavy (non-hydrogen) atoms. The third kappa shape index (κ3) is 7.87. The molecule has 0 heterocycles. The van der Waals surface area contributed by atoms with E-state index in [0.717, 1.165) is 12.2 Å². The molecule has 0 spiro atoms. The SMILES string of the molecule is COc1ccc(/C=C/C(=O)O)cc1OCCCOc1cc(/C=C/C(=O)O)ccc1CO. The highest BCUT2D eigenvalue weighted by Crippen LogP contribution is 2.29. The molecule has 3 N–H and O–H groups in total. The first-order chi connectivity index (χ1) is 14.9. The number of ether oxygens (including phenoxy) is 3. The minimum Gasteiger partial charge on any atom is -0.493 e. The molecule has 0 aliphatic carbocycles. The van der Waals surface area contributed by atoms with Crippen molar-refractivity contribution < 1.29 is 39.1 Å². The molecule has 0 radical (unpaired) electrons. The maximum atomic E-state index is 10.7. The Kier molecular flexibility index (Phi) is 9.13. The van der Waals surface area contributed by atoms with Gasteiger partial charge in [0.2, 0.25) is 0 Å². The van der Waals surface area contributed by atoms with Gasteiger partial charge in [-0.15, -0.1) is 0 Å². The maximum Gasteiger partial charge on any atom is 0.328 e. The summed E-state index contributed by atoms with van der Waals surface area (Å²) < 4.78 is 16.7. The molecule has 8 heteroatoms. The van der Waals surface area contributed by atoms with Crippen molar-refractivity contribution in [1.29, 1.82) is 0 Å². The van der Waals surface area contributed by atoms with Gasteiger partial charge in [-0.3, -0.25) is 0 Å². The smallest absolute Gasteiger partial charge is 0.328 e. The molecule has 8 nitrogen and oxygen atoms in total. The molecule has 0 unspecified atom stereocenters. The Bertz CT molecular complexity index is 885. The summed E-state index contributed by atoms with van der Waals surface area (Å²) in [5.74, 6) is -0.627.